The fraction of sp³-hybridized carbons (Fsp3) is 0.222. The van der Waals surface area contributed by atoms with Gasteiger partial charge in [-0.1, -0.05) is 26.0 Å². The van der Waals surface area contributed by atoms with Gasteiger partial charge in [0.15, 0.2) is 0 Å². The van der Waals surface area contributed by atoms with Gasteiger partial charge in [-0.2, -0.15) is 5.26 Å². The van der Waals surface area contributed by atoms with Gasteiger partial charge in [-0.25, -0.2) is 0 Å². The molecule has 3 rings (SSSR count). The van der Waals surface area contributed by atoms with Crippen molar-refractivity contribution in [3.05, 3.63) is 68.1 Å². The fourth-order valence-corrected chi connectivity index (χ4v) is 3.43. The smallest absolute Gasteiger partial charge is 0.269 e. The molecule has 0 unspecified atom stereocenters. The average molecular weight is 370 g/mol. The summed E-state index contributed by atoms with van der Waals surface area (Å²) >= 11 is 3.27. The molecule has 0 fully saturated rings. The summed E-state index contributed by atoms with van der Waals surface area (Å²) < 4.78 is 1.97. The molecule has 0 saturated carbocycles. The minimum Gasteiger partial charge on any atom is -0.397 e. The van der Waals surface area contributed by atoms with E-state index in [4.69, 9.17) is 5.73 Å². The predicted octanol–water partition coefficient (Wildman–Crippen LogP) is 3.54. The number of rotatable bonds is 1. The highest BCUT2D eigenvalue weighted by Crippen LogP contribution is 2.37. The van der Waals surface area contributed by atoms with Crippen LogP contribution in [0.2, 0.25) is 0 Å². The number of nitrogens with zero attached hydrogens (tertiary/aromatic N) is 2. The first kappa shape index (κ1) is 15.6. The van der Waals surface area contributed by atoms with Crippen molar-refractivity contribution in [2.45, 2.75) is 20.3 Å². The van der Waals surface area contributed by atoms with E-state index in [1.54, 1.807) is 16.8 Å². The lowest BCUT2D eigenvalue weighted by molar-refractivity contribution is 0.470. The second kappa shape index (κ2) is 5.39. The standard InChI is InChI=1S/C18H16BrN3O/c1-18(2)7-12-4-3-11(9-20)5-14(12)16(8-18)22-10-13(21)6-15(19)17(22)23/h3-6,8,10H,7,21H2,1-2H3. The van der Waals surface area contributed by atoms with Crippen LogP contribution in [0.25, 0.3) is 5.70 Å². The minimum absolute atomic E-state index is 0.0903. The number of hydrogen-bond acceptors (Lipinski definition) is 3. The van der Waals surface area contributed by atoms with Gasteiger partial charge in [-0.05, 0) is 51.5 Å². The number of benzene rings is 1. The number of anilines is 1. The van der Waals surface area contributed by atoms with Crippen LogP contribution in [0.5, 0.6) is 0 Å². The number of aromatic nitrogens is 1. The van der Waals surface area contributed by atoms with Crippen molar-refractivity contribution in [3.8, 4) is 6.07 Å². The zero-order chi connectivity index (χ0) is 16.8. The van der Waals surface area contributed by atoms with Gasteiger partial charge in [0.25, 0.3) is 5.56 Å². The largest absolute Gasteiger partial charge is 0.397 e. The molecule has 116 valence electrons. The molecule has 2 N–H and O–H groups in total. The first-order valence-corrected chi connectivity index (χ1v) is 8.04. The van der Waals surface area contributed by atoms with E-state index >= 15 is 0 Å². The molecule has 1 aromatic heterocycles. The first-order valence-electron chi connectivity index (χ1n) is 7.25. The van der Waals surface area contributed by atoms with Crippen LogP contribution in [0, 0.1) is 16.7 Å². The summed E-state index contributed by atoms with van der Waals surface area (Å²) in [6, 6.07) is 9.37. The molecule has 1 aromatic carbocycles. The number of fused-ring (bicyclic) bond motifs is 1. The van der Waals surface area contributed by atoms with Crippen molar-refractivity contribution < 1.29 is 0 Å². The number of nitriles is 1. The Kier molecular flexibility index (Phi) is 3.65. The van der Waals surface area contributed by atoms with Gasteiger partial charge >= 0.3 is 0 Å². The first-order chi connectivity index (χ1) is 10.8. The van der Waals surface area contributed by atoms with E-state index in [-0.39, 0.29) is 11.0 Å². The highest BCUT2D eigenvalue weighted by atomic mass is 79.9. The van der Waals surface area contributed by atoms with E-state index in [1.807, 2.05) is 18.2 Å². The Morgan fingerprint density at radius 3 is 2.78 bits per heavy atom. The topological polar surface area (TPSA) is 71.8 Å². The summed E-state index contributed by atoms with van der Waals surface area (Å²) in [6.07, 6.45) is 4.56. The summed E-state index contributed by atoms with van der Waals surface area (Å²) in [4.78, 5) is 12.6. The molecule has 0 radical (unpaired) electrons. The van der Waals surface area contributed by atoms with Crippen LogP contribution in [0.3, 0.4) is 0 Å². The van der Waals surface area contributed by atoms with Crippen molar-refractivity contribution in [1.82, 2.24) is 4.57 Å². The molecule has 0 bridgehead atoms. The van der Waals surface area contributed by atoms with Crippen LogP contribution in [-0.2, 0) is 6.42 Å². The maximum Gasteiger partial charge on any atom is 0.269 e. The molecule has 23 heavy (non-hydrogen) atoms. The highest BCUT2D eigenvalue weighted by molar-refractivity contribution is 9.10. The fourth-order valence-electron chi connectivity index (χ4n) is 2.97. The Balaban J connectivity index is 2.33. The van der Waals surface area contributed by atoms with Gasteiger partial charge in [0.05, 0.1) is 21.8 Å². The summed E-state index contributed by atoms with van der Waals surface area (Å²) in [5.41, 5.74) is 9.52. The van der Waals surface area contributed by atoms with E-state index < -0.39 is 0 Å². The maximum atomic E-state index is 12.6. The Hall–Kier alpha value is -2.32. The third-order valence-corrected chi connectivity index (χ3v) is 4.51. The van der Waals surface area contributed by atoms with Gasteiger partial charge < -0.3 is 5.73 Å². The molecule has 1 aliphatic carbocycles. The summed E-state index contributed by atoms with van der Waals surface area (Å²) in [5, 5.41) is 9.18. The molecular weight excluding hydrogens is 354 g/mol. The van der Waals surface area contributed by atoms with Gasteiger partial charge in [0.2, 0.25) is 0 Å². The van der Waals surface area contributed by atoms with Gasteiger partial charge in [-0.15, -0.1) is 0 Å². The second-order valence-electron chi connectivity index (χ2n) is 6.48. The molecular formula is C18H16BrN3O. The third-order valence-electron chi connectivity index (χ3n) is 3.94. The Labute approximate surface area is 143 Å². The summed E-state index contributed by atoms with van der Waals surface area (Å²) in [7, 11) is 0. The molecule has 0 aliphatic heterocycles. The number of halogens is 1. The number of pyridine rings is 1. The Bertz CT molecular complexity index is 932. The number of hydrogen-bond donors (Lipinski definition) is 1. The van der Waals surface area contributed by atoms with Crippen LogP contribution in [-0.4, -0.2) is 4.57 Å². The van der Waals surface area contributed by atoms with E-state index in [0.29, 0.717) is 15.7 Å². The molecule has 0 saturated heterocycles. The summed E-state index contributed by atoms with van der Waals surface area (Å²) in [5.74, 6) is 0. The second-order valence-corrected chi connectivity index (χ2v) is 7.33. The Morgan fingerprint density at radius 2 is 2.09 bits per heavy atom. The summed E-state index contributed by atoms with van der Waals surface area (Å²) in [6.45, 7) is 4.25. The SMILES string of the molecule is CC1(C)C=C(n2cc(N)cc(Br)c2=O)c2cc(C#N)ccc2C1. The van der Waals surface area contributed by atoms with E-state index in [0.717, 1.165) is 23.2 Å². The quantitative estimate of drug-likeness (QED) is 0.835. The van der Waals surface area contributed by atoms with Crippen molar-refractivity contribution in [2.24, 2.45) is 5.41 Å². The van der Waals surface area contributed by atoms with Crippen LogP contribution >= 0.6 is 15.9 Å². The van der Waals surface area contributed by atoms with Crippen LogP contribution in [0.4, 0.5) is 5.69 Å². The van der Waals surface area contributed by atoms with Crippen molar-refractivity contribution in [1.29, 1.82) is 5.26 Å². The number of nitrogens with two attached hydrogens (primary N) is 1. The third kappa shape index (κ3) is 2.82. The van der Waals surface area contributed by atoms with Crippen molar-refractivity contribution in [3.63, 3.8) is 0 Å². The maximum absolute atomic E-state index is 12.6. The normalized spacial score (nSPS) is 15.5. The van der Waals surface area contributed by atoms with E-state index in [9.17, 15) is 10.1 Å². The molecule has 4 nitrogen and oxygen atoms in total. The molecule has 1 aliphatic rings. The van der Waals surface area contributed by atoms with Gasteiger partial charge in [0, 0.05) is 17.4 Å². The van der Waals surface area contributed by atoms with Crippen LogP contribution in [0.1, 0.15) is 30.5 Å². The highest BCUT2D eigenvalue weighted by Gasteiger charge is 2.27. The van der Waals surface area contributed by atoms with Gasteiger partial charge in [-0.3, -0.25) is 9.36 Å². The van der Waals surface area contributed by atoms with Crippen molar-refractivity contribution >= 4 is 27.3 Å². The predicted molar refractivity (Wildman–Crippen MR) is 94.8 cm³/mol. The van der Waals surface area contributed by atoms with Gasteiger partial charge in [0.1, 0.15) is 0 Å². The van der Waals surface area contributed by atoms with Crippen LogP contribution < -0.4 is 11.3 Å². The molecule has 1 heterocycles. The molecule has 0 amide bonds. The minimum atomic E-state index is -0.170. The monoisotopic (exact) mass is 369 g/mol. The molecule has 2 aromatic rings. The number of nitrogen functional groups attached to an aromatic ring is 1. The zero-order valence-corrected chi connectivity index (χ0v) is 14.5. The Morgan fingerprint density at radius 1 is 1.35 bits per heavy atom. The molecule has 0 spiro atoms. The van der Waals surface area contributed by atoms with Crippen LogP contribution in [0.15, 0.2) is 45.8 Å². The van der Waals surface area contributed by atoms with E-state index in [1.165, 1.54) is 0 Å². The van der Waals surface area contributed by atoms with Crippen molar-refractivity contribution in [2.75, 3.05) is 5.73 Å². The zero-order valence-electron chi connectivity index (χ0n) is 12.9. The average Bonchev–Trinajstić information content (AvgIpc) is 2.49. The molecule has 5 heteroatoms. The lowest BCUT2D eigenvalue weighted by Crippen LogP contribution is -2.26. The molecule has 0 atom stereocenters. The van der Waals surface area contributed by atoms with E-state index in [2.05, 4.69) is 41.9 Å². The lowest BCUT2D eigenvalue weighted by atomic mass is 9.77. The number of allylic oxidation sites excluding steroid dienone is 1. The lowest BCUT2D eigenvalue weighted by Gasteiger charge is -2.30.